The zero-order valence-corrected chi connectivity index (χ0v) is 13.8. The number of amides is 1. The molecule has 1 N–H and O–H groups in total. The predicted molar refractivity (Wildman–Crippen MR) is 88.4 cm³/mol. The van der Waals surface area contributed by atoms with Crippen LogP contribution in [-0.4, -0.2) is 20.7 Å². The number of rotatable bonds is 3. The van der Waals surface area contributed by atoms with Crippen LogP contribution >= 0.6 is 27.5 Å². The van der Waals surface area contributed by atoms with Crippen molar-refractivity contribution in [3.8, 4) is 5.69 Å². The van der Waals surface area contributed by atoms with Crippen molar-refractivity contribution >= 4 is 39.1 Å². The fraction of sp³-hybridized carbons (Fsp3) is 0. The zero-order chi connectivity index (χ0) is 16.4. The van der Waals surface area contributed by atoms with Crippen LogP contribution < -0.4 is 5.32 Å². The number of benzene rings is 1. The SMILES string of the molecule is O=C(Nc1cc(Br)c(F)cc1Cl)c1cc(-n2cccn2)ccn1. The number of carbonyl (C=O) groups excluding carboxylic acids is 1. The lowest BCUT2D eigenvalue weighted by molar-refractivity contribution is 0.102. The van der Waals surface area contributed by atoms with Crippen molar-refractivity contribution in [3.05, 3.63) is 69.9 Å². The molecule has 0 spiro atoms. The summed E-state index contributed by atoms with van der Waals surface area (Å²) in [4.78, 5) is 16.3. The van der Waals surface area contributed by atoms with Crippen molar-refractivity contribution in [2.45, 2.75) is 0 Å². The Morgan fingerprint density at radius 2 is 2.13 bits per heavy atom. The molecule has 0 saturated carbocycles. The zero-order valence-electron chi connectivity index (χ0n) is 11.5. The number of anilines is 1. The van der Waals surface area contributed by atoms with Crippen LogP contribution in [0.3, 0.4) is 0 Å². The molecule has 116 valence electrons. The second-order valence-electron chi connectivity index (χ2n) is 4.55. The van der Waals surface area contributed by atoms with E-state index in [2.05, 4.69) is 31.3 Å². The van der Waals surface area contributed by atoms with Crippen LogP contribution in [0.4, 0.5) is 10.1 Å². The van der Waals surface area contributed by atoms with E-state index in [4.69, 9.17) is 11.6 Å². The topological polar surface area (TPSA) is 59.8 Å². The fourth-order valence-corrected chi connectivity index (χ4v) is 2.45. The summed E-state index contributed by atoms with van der Waals surface area (Å²) in [6, 6.07) is 7.61. The summed E-state index contributed by atoms with van der Waals surface area (Å²) in [7, 11) is 0. The fourth-order valence-electron chi connectivity index (χ4n) is 1.91. The molecule has 5 nitrogen and oxygen atoms in total. The molecule has 0 atom stereocenters. The van der Waals surface area contributed by atoms with E-state index >= 15 is 0 Å². The quantitative estimate of drug-likeness (QED) is 0.680. The maximum atomic E-state index is 13.4. The van der Waals surface area contributed by atoms with Gasteiger partial charge in [0, 0.05) is 18.6 Å². The molecule has 1 amide bonds. The van der Waals surface area contributed by atoms with Crippen molar-refractivity contribution < 1.29 is 9.18 Å². The van der Waals surface area contributed by atoms with E-state index in [0.717, 1.165) is 6.07 Å². The monoisotopic (exact) mass is 394 g/mol. The van der Waals surface area contributed by atoms with Gasteiger partial charge in [-0.15, -0.1) is 0 Å². The molecule has 0 aliphatic rings. The molecule has 0 radical (unpaired) electrons. The number of pyridine rings is 1. The summed E-state index contributed by atoms with van der Waals surface area (Å²) >= 11 is 8.99. The maximum absolute atomic E-state index is 13.4. The summed E-state index contributed by atoms with van der Waals surface area (Å²) in [6.07, 6.45) is 4.90. The summed E-state index contributed by atoms with van der Waals surface area (Å²) in [5.41, 5.74) is 1.17. The summed E-state index contributed by atoms with van der Waals surface area (Å²) < 4.78 is 15.2. The Kier molecular flexibility index (Phi) is 4.40. The van der Waals surface area contributed by atoms with Gasteiger partial charge in [0.1, 0.15) is 11.5 Å². The Balaban J connectivity index is 1.87. The van der Waals surface area contributed by atoms with Gasteiger partial charge in [0.2, 0.25) is 0 Å². The van der Waals surface area contributed by atoms with Crippen LogP contribution in [0, 0.1) is 5.82 Å². The lowest BCUT2D eigenvalue weighted by Crippen LogP contribution is -2.14. The molecular weight excluding hydrogens is 387 g/mol. The number of carbonyl (C=O) groups is 1. The van der Waals surface area contributed by atoms with Crippen LogP contribution in [0.15, 0.2) is 53.4 Å². The van der Waals surface area contributed by atoms with Gasteiger partial charge in [-0.3, -0.25) is 9.78 Å². The maximum Gasteiger partial charge on any atom is 0.274 e. The molecule has 1 aromatic carbocycles. The van der Waals surface area contributed by atoms with Crippen molar-refractivity contribution in [2.75, 3.05) is 5.32 Å². The Morgan fingerprint density at radius 3 is 2.87 bits per heavy atom. The first-order chi connectivity index (χ1) is 11.0. The van der Waals surface area contributed by atoms with E-state index in [1.54, 1.807) is 35.3 Å². The van der Waals surface area contributed by atoms with Gasteiger partial charge < -0.3 is 5.32 Å². The molecule has 3 aromatic rings. The van der Waals surface area contributed by atoms with Gasteiger partial charge in [-0.2, -0.15) is 5.10 Å². The van der Waals surface area contributed by atoms with Gasteiger partial charge in [0.15, 0.2) is 0 Å². The first-order valence-corrected chi connectivity index (χ1v) is 7.63. The molecule has 0 aliphatic heterocycles. The van der Waals surface area contributed by atoms with E-state index < -0.39 is 11.7 Å². The first kappa shape index (κ1) is 15.6. The number of halogens is 3. The number of nitrogens with zero attached hydrogens (tertiary/aromatic N) is 3. The second kappa shape index (κ2) is 6.47. The minimum absolute atomic E-state index is 0.0993. The van der Waals surface area contributed by atoms with Gasteiger partial charge in [-0.25, -0.2) is 9.07 Å². The molecular formula is C15H9BrClFN4O. The van der Waals surface area contributed by atoms with E-state index in [1.165, 1.54) is 12.3 Å². The van der Waals surface area contributed by atoms with Gasteiger partial charge in [-0.1, -0.05) is 11.6 Å². The van der Waals surface area contributed by atoms with Gasteiger partial charge in [-0.05, 0) is 46.3 Å². The van der Waals surface area contributed by atoms with E-state index in [-0.39, 0.29) is 20.9 Å². The third-order valence-corrected chi connectivity index (χ3v) is 3.92. The average Bonchev–Trinajstić information content (AvgIpc) is 3.07. The lowest BCUT2D eigenvalue weighted by Gasteiger charge is -2.09. The van der Waals surface area contributed by atoms with Crippen molar-refractivity contribution in [1.29, 1.82) is 0 Å². The highest BCUT2D eigenvalue weighted by molar-refractivity contribution is 9.10. The van der Waals surface area contributed by atoms with Crippen LogP contribution in [0.1, 0.15) is 10.5 Å². The molecule has 0 aliphatic carbocycles. The normalized spacial score (nSPS) is 10.6. The van der Waals surface area contributed by atoms with E-state index in [0.29, 0.717) is 5.69 Å². The molecule has 0 bridgehead atoms. The summed E-state index contributed by atoms with van der Waals surface area (Å²) in [6.45, 7) is 0. The van der Waals surface area contributed by atoms with Gasteiger partial charge in [0.05, 0.1) is 20.9 Å². The van der Waals surface area contributed by atoms with Gasteiger partial charge >= 0.3 is 0 Å². The Labute approximate surface area is 144 Å². The first-order valence-electron chi connectivity index (χ1n) is 6.46. The number of hydrogen-bond donors (Lipinski definition) is 1. The van der Waals surface area contributed by atoms with Crippen LogP contribution in [0.5, 0.6) is 0 Å². The molecule has 0 fully saturated rings. The van der Waals surface area contributed by atoms with Crippen molar-refractivity contribution in [3.63, 3.8) is 0 Å². The van der Waals surface area contributed by atoms with Crippen molar-refractivity contribution in [2.24, 2.45) is 0 Å². The van der Waals surface area contributed by atoms with E-state index in [9.17, 15) is 9.18 Å². The third kappa shape index (κ3) is 3.40. The van der Waals surface area contributed by atoms with Crippen LogP contribution in [0.25, 0.3) is 5.69 Å². The van der Waals surface area contributed by atoms with Crippen molar-refractivity contribution in [1.82, 2.24) is 14.8 Å². The summed E-state index contributed by atoms with van der Waals surface area (Å²) in [5.74, 6) is -0.966. The minimum Gasteiger partial charge on any atom is -0.319 e. The molecule has 23 heavy (non-hydrogen) atoms. The Morgan fingerprint density at radius 1 is 1.30 bits per heavy atom. The highest BCUT2D eigenvalue weighted by Gasteiger charge is 2.13. The molecule has 0 unspecified atom stereocenters. The molecule has 8 heteroatoms. The predicted octanol–water partition coefficient (Wildman–Crippen LogP) is 4.07. The molecule has 2 aromatic heterocycles. The number of aromatic nitrogens is 3. The van der Waals surface area contributed by atoms with E-state index in [1.807, 2.05) is 0 Å². The Bertz CT molecular complexity index is 870. The lowest BCUT2D eigenvalue weighted by atomic mass is 10.2. The third-order valence-electron chi connectivity index (χ3n) is 3.00. The van der Waals surface area contributed by atoms with Gasteiger partial charge in [0.25, 0.3) is 5.91 Å². The van der Waals surface area contributed by atoms with Crippen LogP contribution in [-0.2, 0) is 0 Å². The Hall–Kier alpha value is -2.25. The summed E-state index contributed by atoms with van der Waals surface area (Å²) in [5, 5.41) is 6.80. The highest BCUT2D eigenvalue weighted by Crippen LogP contribution is 2.28. The average molecular weight is 396 g/mol. The smallest absolute Gasteiger partial charge is 0.274 e. The highest BCUT2D eigenvalue weighted by atomic mass is 79.9. The molecule has 0 saturated heterocycles. The number of hydrogen-bond acceptors (Lipinski definition) is 3. The standard InChI is InChI=1S/C15H9BrClFN4O/c16-10-7-13(11(17)8-12(10)18)21-15(23)14-6-9(2-4-19-14)22-5-1-3-20-22/h1-8H,(H,21,23). The number of nitrogens with one attached hydrogen (secondary N) is 1. The van der Waals surface area contributed by atoms with Crippen LogP contribution in [0.2, 0.25) is 5.02 Å². The molecule has 2 heterocycles. The second-order valence-corrected chi connectivity index (χ2v) is 5.81. The largest absolute Gasteiger partial charge is 0.319 e. The minimum atomic E-state index is -0.508. The molecule has 3 rings (SSSR count).